The average molecular weight is 499 g/mol. The number of carbonyl (C=O) groups is 1. The Labute approximate surface area is 193 Å². The Bertz CT molecular complexity index is 1290. The highest BCUT2D eigenvalue weighted by Gasteiger charge is 2.33. The highest BCUT2D eigenvalue weighted by atomic mass is 35.5. The van der Waals surface area contributed by atoms with Crippen molar-refractivity contribution in [3.05, 3.63) is 52.1 Å². The number of piperazine rings is 1. The van der Waals surface area contributed by atoms with Crippen molar-refractivity contribution in [1.82, 2.24) is 9.21 Å². The molecule has 0 atom stereocenters. The maximum absolute atomic E-state index is 13.5. The highest BCUT2D eigenvalue weighted by molar-refractivity contribution is 7.89. The van der Waals surface area contributed by atoms with Gasteiger partial charge in [-0.25, -0.2) is 12.8 Å². The lowest BCUT2D eigenvalue weighted by molar-refractivity contribution is 0.0703. The number of nitrogens with zero attached hydrogens (tertiary/aromatic N) is 2. The Hall–Kier alpha value is -2.40. The van der Waals surface area contributed by atoms with E-state index in [4.69, 9.17) is 21.1 Å². The van der Waals surface area contributed by atoms with E-state index < -0.39 is 15.8 Å². The molecule has 1 fully saturated rings. The lowest BCUT2D eigenvalue weighted by Crippen LogP contribution is -2.50. The van der Waals surface area contributed by atoms with Crippen LogP contribution in [0.15, 0.2) is 41.3 Å². The predicted octanol–water partition coefficient (Wildman–Crippen LogP) is 3.86. The number of carbonyl (C=O) groups excluding carboxylic acids is 1. The standard InChI is InChI=1S/C21H20ClFN2O5S2/c1-29-14-4-6-16(30-2)18(12-14)32(27,28)25-9-7-24(8-10-25)21(26)20-19(22)15-5-3-13(23)11-17(15)31-20/h3-6,11-12H,7-10H2,1-2H3. The van der Waals surface area contributed by atoms with Crippen LogP contribution in [0.1, 0.15) is 9.67 Å². The van der Waals surface area contributed by atoms with E-state index in [1.165, 1.54) is 42.8 Å². The molecule has 0 spiro atoms. The normalized spacial score (nSPS) is 15.2. The number of sulfonamides is 1. The van der Waals surface area contributed by atoms with Crippen molar-refractivity contribution in [2.75, 3.05) is 40.4 Å². The van der Waals surface area contributed by atoms with Gasteiger partial charge in [-0.2, -0.15) is 4.31 Å². The summed E-state index contributed by atoms with van der Waals surface area (Å²) in [6, 6.07) is 8.77. The number of ether oxygens (including phenoxy) is 2. The van der Waals surface area contributed by atoms with Crippen LogP contribution in [0, 0.1) is 5.82 Å². The van der Waals surface area contributed by atoms with Crippen LogP contribution in [-0.4, -0.2) is 63.9 Å². The molecule has 1 amide bonds. The van der Waals surface area contributed by atoms with Crippen molar-refractivity contribution >= 4 is 49.0 Å². The summed E-state index contributed by atoms with van der Waals surface area (Å²) in [5.41, 5.74) is 0. The fourth-order valence-corrected chi connectivity index (χ4v) is 6.67. The van der Waals surface area contributed by atoms with Gasteiger partial charge in [0.1, 0.15) is 27.1 Å². The van der Waals surface area contributed by atoms with Gasteiger partial charge in [0.15, 0.2) is 0 Å². The van der Waals surface area contributed by atoms with Crippen LogP contribution >= 0.6 is 22.9 Å². The largest absolute Gasteiger partial charge is 0.497 e. The Morgan fingerprint density at radius 3 is 2.44 bits per heavy atom. The summed E-state index contributed by atoms with van der Waals surface area (Å²) in [4.78, 5) is 14.9. The Morgan fingerprint density at radius 2 is 1.78 bits per heavy atom. The van der Waals surface area contributed by atoms with E-state index >= 15 is 0 Å². The molecule has 0 radical (unpaired) electrons. The van der Waals surface area contributed by atoms with Gasteiger partial charge in [-0.05, 0) is 30.3 Å². The molecule has 2 aromatic carbocycles. The summed E-state index contributed by atoms with van der Waals surface area (Å²) in [7, 11) is -1.00. The van der Waals surface area contributed by atoms with Crippen molar-refractivity contribution in [3.8, 4) is 11.5 Å². The van der Waals surface area contributed by atoms with Crippen molar-refractivity contribution in [2.24, 2.45) is 0 Å². The van der Waals surface area contributed by atoms with Crippen LogP contribution in [0.3, 0.4) is 0 Å². The lowest BCUT2D eigenvalue weighted by Gasteiger charge is -2.34. The quantitative estimate of drug-likeness (QED) is 0.534. The minimum atomic E-state index is -3.86. The number of amides is 1. The Morgan fingerprint density at radius 1 is 1.06 bits per heavy atom. The van der Waals surface area contributed by atoms with Gasteiger partial charge in [-0.15, -0.1) is 11.3 Å². The first kappa shape index (κ1) is 22.8. The number of fused-ring (bicyclic) bond motifs is 1. The zero-order valence-electron chi connectivity index (χ0n) is 17.3. The van der Waals surface area contributed by atoms with E-state index in [1.807, 2.05) is 0 Å². The maximum atomic E-state index is 13.5. The minimum Gasteiger partial charge on any atom is -0.497 e. The Balaban J connectivity index is 1.53. The number of benzene rings is 2. The van der Waals surface area contributed by atoms with Gasteiger partial charge >= 0.3 is 0 Å². The first-order chi connectivity index (χ1) is 15.3. The molecule has 32 heavy (non-hydrogen) atoms. The van der Waals surface area contributed by atoms with Crippen LogP contribution in [0.4, 0.5) is 4.39 Å². The molecule has 0 unspecified atom stereocenters. The van der Waals surface area contributed by atoms with Gasteiger partial charge in [0.2, 0.25) is 10.0 Å². The summed E-state index contributed by atoms with van der Waals surface area (Å²) in [5.74, 6) is -0.0866. The molecule has 0 aliphatic carbocycles. The zero-order valence-corrected chi connectivity index (χ0v) is 19.7. The molecule has 4 rings (SSSR count). The second kappa shape index (κ2) is 8.86. The number of rotatable bonds is 5. The Kier molecular flexibility index (Phi) is 6.30. The molecule has 3 aromatic rings. The van der Waals surface area contributed by atoms with Crippen molar-refractivity contribution in [2.45, 2.75) is 4.90 Å². The molecule has 1 saturated heterocycles. The van der Waals surface area contributed by atoms with Gasteiger partial charge in [0.05, 0.1) is 19.2 Å². The molecule has 1 aliphatic heterocycles. The molecule has 2 heterocycles. The average Bonchev–Trinajstić information content (AvgIpc) is 3.13. The molecule has 11 heteroatoms. The van der Waals surface area contributed by atoms with Gasteiger partial charge in [-0.1, -0.05) is 11.6 Å². The number of halogens is 2. The topological polar surface area (TPSA) is 76.2 Å². The summed E-state index contributed by atoms with van der Waals surface area (Å²) in [5, 5.41) is 0.902. The van der Waals surface area contributed by atoms with Gasteiger partial charge in [0, 0.05) is 42.3 Å². The molecule has 170 valence electrons. The van der Waals surface area contributed by atoms with Crippen LogP contribution in [0.5, 0.6) is 11.5 Å². The molecule has 0 N–H and O–H groups in total. The maximum Gasteiger partial charge on any atom is 0.265 e. The molecule has 1 aliphatic rings. The second-order valence-corrected chi connectivity index (χ2v) is 10.4. The minimum absolute atomic E-state index is 0.00806. The molecular weight excluding hydrogens is 479 g/mol. The van der Waals surface area contributed by atoms with Crippen molar-refractivity contribution in [3.63, 3.8) is 0 Å². The van der Waals surface area contributed by atoms with E-state index in [0.717, 1.165) is 11.3 Å². The van der Waals surface area contributed by atoms with Crippen LogP contribution < -0.4 is 9.47 Å². The third-order valence-electron chi connectivity index (χ3n) is 5.30. The summed E-state index contributed by atoms with van der Waals surface area (Å²) >= 11 is 7.50. The highest BCUT2D eigenvalue weighted by Crippen LogP contribution is 2.37. The first-order valence-corrected chi connectivity index (χ1v) is 12.3. The molecule has 0 saturated carbocycles. The van der Waals surface area contributed by atoms with E-state index in [9.17, 15) is 17.6 Å². The summed E-state index contributed by atoms with van der Waals surface area (Å²) in [6.45, 7) is 0.629. The summed E-state index contributed by atoms with van der Waals surface area (Å²) < 4.78 is 52.2. The fourth-order valence-electron chi connectivity index (χ4n) is 3.58. The van der Waals surface area contributed by atoms with Gasteiger partial charge < -0.3 is 14.4 Å². The van der Waals surface area contributed by atoms with Crippen molar-refractivity contribution in [1.29, 1.82) is 0 Å². The number of hydrogen-bond donors (Lipinski definition) is 0. The molecule has 1 aromatic heterocycles. The number of methoxy groups -OCH3 is 2. The lowest BCUT2D eigenvalue weighted by atomic mass is 10.2. The van der Waals surface area contributed by atoms with E-state index in [2.05, 4.69) is 0 Å². The van der Waals surface area contributed by atoms with Crippen LogP contribution in [0.2, 0.25) is 5.02 Å². The third-order valence-corrected chi connectivity index (χ3v) is 8.87. The number of thiophene rings is 1. The van der Waals surface area contributed by atoms with Crippen LogP contribution in [-0.2, 0) is 10.0 Å². The predicted molar refractivity (Wildman–Crippen MR) is 121 cm³/mol. The molecular formula is C21H20ClFN2O5S2. The molecule has 7 nitrogen and oxygen atoms in total. The monoisotopic (exact) mass is 498 g/mol. The number of hydrogen-bond acceptors (Lipinski definition) is 6. The van der Waals surface area contributed by atoms with E-state index in [1.54, 1.807) is 17.0 Å². The van der Waals surface area contributed by atoms with E-state index in [-0.39, 0.29) is 47.8 Å². The zero-order chi connectivity index (χ0) is 23.0. The first-order valence-electron chi connectivity index (χ1n) is 9.65. The summed E-state index contributed by atoms with van der Waals surface area (Å²) in [6.07, 6.45) is 0. The van der Waals surface area contributed by atoms with Gasteiger partial charge in [0.25, 0.3) is 5.91 Å². The van der Waals surface area contributed by atoms with E-state index in [0.29, 0.717) is 20.7 Å². The molecule has 0 bridgehead atoms. The SMILES string of the molecule is COc1ccc(OC)c(S(=O)(=O)N2CCN(C(=O)c3sc4cc(F)ccc4c3Cl)CC2)c1. The fraction of sp³-hybridized carbons (Fsp3) is 0.286. The van der Waals surface area contributed by atoms with Crippen molar-refractivity contribution < 1.29 is 27.1 Å². The second-order valence-electron chi connectivity index (χ2n) is 7.10. The van der Waals surface area contributed by atoms with Crippen LogP contribution in [0.25, 0.3) is 10.1 Å². The van der Waals surface area contributed by atoms with Gasteiger partial charge in [-0.3, -0.25) is 4.79 Å². The third kappa shape index (κ3) is 4.03. The smallest absolute Gasteiger partial charge is 0.265 e.